The maximum absolute atomic E-state index is 12.1. The Hall–Kier alpha value is -1.52. The van der Waals surface area contributed by atoms with Crippen LogP contribution in [0.25, 0.3) is 0 Å². The molecule has 2 rings (SSSR count). The summed E-state index contributed by atoms with van der Waals surface area (Å²) in [6.45, 7) is 2.30. The third-order valence-corrected chi connectivity index (χ3v) is 3.49. The summed E-state index contributed by atoms with van der Waals surface area (Å²) in [5, 5.41) is 4.17. The van der Waals surface area contributed by atoms with Gasteiger partial charge >= 0.3 is 5.97 Å². The molecule has 1 aliphatic carbocycles. The molecule has 0 aliphatic heterocycles. The second-order valence-corrected chi connectivity index (χ2v) is 4.84. The zero-order chi connectivity index (χ0) is 13.1. The van der Waals surface area contributed by atoms with E-state index in [-0.39, 0.29) is 5.97 Å². The summed E-state index contributed by atoms with van der Waals surface area (Å²) in [5.41, 5.74) is 1.09. The van der Waals surface area contributed by atoms with Gasteiger partial charge in [0.05, 0.1) is 19.4 Å². The van der Waals surface area contributed by atoms with Crippen LogP contribution in [0.2, 0.25) is 0 Å². The number of methoxy groups -OCH3 is 1. The fourth-order valence-corrected chi connectivity index (χ4v) is 2.55. The van der Waals surface area contributed by atoms with E-state index >= 15 is 0 Å². The molecule has 0 atom stereocenters. The van der Waals surface area contributed by atoms with Gasteiger partial charge in [0.15, 0.2) is 0 Å². The summed E-state index contributed by atoms with van der Waals surface area (Å²) in [6.07, 6.45) is 4.82. The van der Waals surface area contributed by atoms with E-state index < -0.39 is 0 Å². The predicted molar refractivity (Wildman–Crippen MR) is 66.7 cm³/mol. The van der Waals surface area contributed by atoms with Gasteiger partial charge in [0.2, 0.25) is 5.88 Å². The molecule has 0 saturated heterocycles. The largest absolute Gasteiger partial charge is 0.481 e. The van der Waals surface area contributed by atoms with Crippen molar-refractivity contribution in [1.29, 1.82) is 0 Å². The Morgan fingerprint density at radius 3 is 2.72 bits per heavy atom. The van der Waals surface area contributed by atoms with Gasteiger partial charge in [-0.15, -0.1) is 0 Å². The highest BCUT2D eigenvalue weighted by Gasteiger charge is 2.24. The lowest BCUT2D eigenvalue weighted by Crippen LogP contribution is -2.13. The molecule has 1 heterocycles. The standard InChI is InChI=1S/C13H20N2O3/c1-9-11(12(17-3)15(2)14-9)13(16)18-8-10-6-4-5-7-10/h10H,4-8H2,1-3H3. The first-order valence-electron chi connectivity index (χ1n) is 6.38. The topological polar surface area (TPSA) is 53.4 Å². The van der Waals surface area contributed by atoms with Gasteiger partial charge in [-0.1, -0.05) is 12.8 Å². The van der Waals surface area contributed by atoms with E-state index in [1.165, 1.54) is 20.0 Å². The molecule has 100 valence electrons. The summed E-state index contributed by atoms with van der Waals surface area (Å²) >= 11 is 0. The van der Waals surface area contributed by atoms with Crippen molar-refractivity contribution in [1.82, 2.24) is 9.78 Å². The van der Waals surface area contributed by atoms with Crippen LogP contribution in [0.1, 0.15) is 41.7 Å². The van der Waals surface area contributed by atoms with Gasteiger partial charge in [0.1, 0.15) is 5.56 Å². The SMILES string of the molecule is COc1c(C(=O)OCC2CCCC2)c(C)nn1C. The van der Waals surface area contributed by atoms with Crippen molar-refractivity contribution in [2.45, 2.75) is 32.6 Å². The fraction of sp³-hybridized carbons (Fsp3) is 0.692. The van der Waals surface area contributed by atoms with Gasteiger partial charge in [-0.25, -0.2) is 9.48 Å². The average molecular weight is 252 g/mol. The van der Waals surface area contributed by atoms with E-state index in [1.807, 2.05) is 0 Å². The lowest BCUT2D eigenvalue weighted by molar-refractivity contribution is 0.0438. The third-order valence-electron chi connectivity index (χ3n) is 3.49. The maximum Gasteiger partial charge on any atom is 0.345 e. The minimum Gasteiger partial charge on any atom is -0.481 e. The molecule has 0 radical (unpaired) electrons. The maximum atomic E-state index is 12.1. The van der Waals surface area contributed by atoms with Gasteiger partial charge < -0.3 is 9.47 Å². The van der Waals surface area contributed by atoms with Crippen LogP contribution in [0.15, 0.2) is 0 Å². The molecule has 1 aromatic rings. The monoisotopic (exact) mass is 252 g/mol. The zero-order valence-electron chi connectivity index (χ0n) is 11.2. The number of nitrogens with zero attached hydrogens (tertiary/aromatic N) is 2. The molecule has 1 saturated carbocycles. The van der Waals surface area contributed by atoms with Crippen LogP contribution in [-0.4, -0.2) is 29.5 Å². The first kappa shape index (κ1) is 12.9. The second kappa shape index (κ2) is 5.42. The molecule has 1 fully saturated rings. The van der Waals surface area contributed by atoms with Crippen molar-refractivity contribution >= 4 is 5.97 Å². The Morgan fingerprint density at radius 1 is 1.44 bits per heavy atom. The fourth-order valence-electron chi connectivity index (χ4n) is 2.55. The highest BCUT2D eigenvalue weighted by atomic mass is 16.5. The Kier molecular flexibility index (Phi) is 3.89. The first-order chi connectivity index (χ1) is 8.63. The number of carbonyl (C=O) groups excluding carboxylic acids is 1. The van der Waals surface area contributed by atoms with Crippen molar-refractivity contribution in [3.05, 3.63) is 11.3 Å². The first-order valence-corrected chi connectivity index (χ1v) is 6.38. The van der Waals surface area contributed by atoms with Crippen LogP contribution in [0.5, 0.6) is 5.88 Å². The molecule has 0 N–H and O–H groups in total. The molecule has 1 aliphatic rings. The van der Waals surface area contributed by atoms with Crippen LogP contribution in [0.3, 0.4) is 0 Å². The predicted octanol–water partition coefficient (Wildman–Crippen LogP) is 2.08. The number of esters is 1. The summed E-state index contributed by atoms with van der Waals surface area (Å²) < 4.78 is 12.1. The van der Waals surface area contributed by atoms with Crippen molar-refractivity contribution in [3.63, 3.8) is 0 Å². The molecule has 5 nitrogen and oxygen atoms in total. The normalized spacial score (nSPS) is 15.9. The quantitative estimate of drug-likeness (QED) is 0.770. The molecule has 0 spiro atoms. The van der Waals surface area contributed by atoms with Crippen molar-refractivity contribution < 1.29 is 14.3 Å². The Bertz CT molecular complexity index is 434. The van der Waals surface area contributed by atoms with E-state index in [2.05, 4.69) is 5.10 Å². The number of carbonyl (C=O) groups is 1. The summed E-state index contributed by atoms with van der Waals surface area (Å²) in [7, 11) is 3.28. The van der Waals surface area contributed by atoms with Crippen LogP contribution < -0.4 is 4.74 Å². The molecule has 0 aromatic carbocycles. The van der Waals surface area contributed by atoms with E-state index in [9.17, 15) is 4.79 Å². The smallest absolute Gasteiger partial charge is 0.345 e. The average Bonchev–Trinajstić information content (AvgIpc) is 2.93. The number of hydrogen-bond acceptors (Lipinski definition) is 4. The van der Waals surface area contributed by atoms with E-state index in [0.29, 0.717) is 29.7 Å². The molecule has 0 unspecified atom stereocenters. The summed E-state index contributed by atoms with van der Waals surface area (Å²) in [4.78, 5) is 12.1. The molecule has 18 heavy (non-hydrogen) atoms. The number of rotatable bonds is 4. The van der Waals surface area contributed by atoms with Crippen molar-refractivity contribution in [2.75, 3.05) is 13.7 Å². The van der Waals surface area contributed by atoms with E-state index in [4.69, 9.17) is 9.47 Å². The van der Waals surface area contributed by atoms with Crippen LogP contribution in [0.4, 0.5) is 0 Å². The van der Waals surface area contributed by atoms with Crippen LogP contribution >= 0.6 is 0 Å². The third kappa shape index (κ3) is 2.49. The number of ether oxygens (including phenoxy) is 2. The highest BCUT2D eigenvalue weighted by molar-refractivity contribution is 5.93. The molecular weight excluding hydrogens is 232 g/mol. The molecule has 5 heteroatoms. The number of aromatic nitrogens is 2. The zero-order valence-corrected chi connectivity index (χ0v) is 11.2. The molecule has 1 aromatic heterocycles. The van der Waals surface area contributed by atoms with Crippen molar-refractivity contribution in [3.8, 4) is 5.88 Å². The molecule has 0 bridgehead atoms. The van der Waals surface area contributed by atoms with E-state index in [1.54, 1.807) is 18.7 Å². The summed E-state index contributed by atoms with van der Waals surface area (Å²) in [6, 6.07) is 0. The summed E-state index contributed by atoms with van der Waals surface area (Å²) in [5.74, 6) is 0.658. The van der Waals surface area contributed by atoms with E-state index in [0.717, 1.165) is 12.8 Å². The van der Waals surface area contributed by atoms with Gasteiger partial charge in [0, 0.05) is 7.05 Å². The van der Waals surface area contributed by atoms with Gasteiger partial charge in [-0.2, -0.15) is 5.10 Å². The lowest BCUT2D eigenvalue weighted by Gasteiger charge is -2.10. The van der Waals surface area contributed by atoms with Crippen LogP contribution in [0, 0.1) is 12.8 Å². The Labute approximate surface area is 107 Å². The minimum atomic E-state index is -0.329. The number of aryl methyl sites for hydroxylation is 2. The molecule has 0 amide bonds. The van der Waals surface area contributed by atoms with Gasteiger partial charge in [-0.3, -0.25) is 0 Å². The second-order valence-electron chi connectivity index (χ2n) is 4.84. The van der Waals surface area contributed by atoms with Gasteiger partial charge in [-0.05, 0) is 25.7 Å². The number of hydrogen-bond donors (Lipinski definition) is 0. The van der Waals surface area contributed by atoms with Crippen LogP contribution in [-0.2, 0) is 11.8 Å². The van der Waals surface area contributed by atoms with Crippen molar-refractivity contribution in [2.24, 2.45) is 13.0 Å². The Balaban J connectivity index is 2.03. The lowest BCUT2D eigenvalue weighted by atomic mass is 10.1. The molecular formula is C13H20N2O3. The minimum absolute atomic E-state index is 0.329. The van der Waals surface area contributed by atoms with Gasteiger partial charge in [0.25, 0.3) is 0 Å². The highest BCUT2D eigenvalue weighted by Crippen LogP contribution is 2.26. The Morgan fingerprint density at radius 2 is 2.11 bits per heavy atom.